The molecule has 1 aromatic carbocycles. The van der Waals surface area contributed by atoms with Gasteiger partial charge in [-0.3, -0.25) is 4.79 Å². The van der Waals surface area contributed by atoms with Gasteiger partial charge in [0.15, 0.2) is 6.04 Å². The number of amides is 1. The SMILES string of the molecule is CCC(C(=O)Nc1c(C)csc1C(=O)OC)[N+]1(Cc2cccc(C#N)c2)CCCCC1. The van der Waals surface area contributed by atoms with Gasteiger partial charge in [0.1, 0.15) is 11.4 Å². The molecule has 1 fully saturated rings. The van der Waals surface area contributed by atoms with Crippen molar-refractivity contribution in [2.24, 2.45) is 0 Å². The minimum atomic E-state index is -0.434. The molecule has 2 aromatic rings. The standard InChI is InChI=1S/C24H29N3O3S/c1-4-20(23(28)26-21-17(2)16-31-22(21)24(29)30-3)27(11-6-5-7-12-27)15-19-10-8-9-18(13-19)14-25/h8-10,13,16,20H,4-7,11-12,15H2,1-3H3/p+1. The molecule has 6 nitrogen and oxygen atoms in total. The lowest BCUT2D eigenvalue weighted by Crippen LogP contribution is -2.61. The van der Waals surface area contributed by atoms with Gasteiger partial charge in [0.25, 0.3) is 5.91 Å². The third-order valence-electron chi connectivity index (χ3n) is 6.20. The minimum absolute atomic E-state index is 0.0625. The number of carbonyl (C=O) groups excluding carboxylic acids is 2. The van der Waals surface area contributed by atoms with Gasteiger partial charge in [-0.15, -0.1) is 11.3 Å². The van der Waals surface area contributed by atoms with E-state index in [-0.39, 0.29) is 11.9 Å². The summed E-state index contributed by atoms with van der Waals surface area (Å²) in [5, 5.41) is 14.2. The van der Waals surface area contributed by atoms with Crippen LogP contribution in [-0.4, -0.2) is 42.6 Å². The second-order valence-electron chi connectivity index (χ2n) is 8.22. The van der Waals surface area contributed by atoms with E-state index in [0.29, 0.717) is 33.6 Å². The van der Waals surface area contributed by atoms with Gasteiger partial charge in [-0.2, -0.15) is 5.26 Å². The number of thiophene rings is 1. The van der Waals surface area contributed by atoms with E-state index in [4.69, 9.17) is 4.74 Å². The Kier molecular flexibility index (Phi) is 7.47. The van der Waals surface area contributed by atoms with Crippen LogP contribution in [0.5, 0.6) is 0 Å². The van der Waals surface area contributed by atoms with Gasteiger partial charge < -0.3 is 14.5 Å². The average molecular weight is 441 g/mol. The van der Waals surface area contributed by atoms with Crippen molar-refractivity contribution in [3.8, 4) is 6.07 Å². The number of nitriles is 1. The molecule has 0 spiro atoms. The van der Waals surface area contributed by atoms with Crippen molar-refractivity contribution in [3.63, 3.8) is 0 Å². The number of carbonyl (C=O) groups is 2. The number of nitrogens with one attached hydrogen (secondary N) is 1. The van der Waals surface area contributed by atoms with E-state index < -0.39 is 5.97 Å². The lowest BCUT2D eigenvalue weighted by molar-refractivity contribution is -0.959. The number of piperidine rings is 1. The fraction of sp³-hybridized carbons (Fsp3) is 0.458. The van der Waals surface area contributed by atoms with Crippen molar-refractivity contribution in [2.75, 3.05) is 25.5 Å². The third kappa shape index (κ3) is 4.97. The number of esters is 1. The van der Waals surface area contributed by atoms with E-state index in [9.17, 15) is 14.9 Å². The molecule has 1 aliphatic rings. The number of likely N-dealkylation sites (tertiary alicyclic amines) is 1. The van der Waals surface area contributed by atoms with Crippen LogP contribution in [0.4, 0.5) is 5.69 Å². The van der Waals surface area contributed by atoms with Crippen molar-refractivity contribution < 1.29 is 18.8 Å². The lowest BCUT2D eigenvalue weighted by atomic mass is 9.98. The highest BCUT2D eigenvalue weighted by atomic mass is 32.1. The van der Waals surface area contributed by atoms with Crippen molar-refractivity contribution in [1.82, 2.24) is 0 Å². The van der Waals surface area contributed by atoms with Gasteiger partial charge in [0.2, 0.25) is 0 Å². The van der Waals surface area contributed by atoms with Gasteiger partial charge in [0, 0.05) is 12.0 Å². The van der Waals surface area contributed by atoms with Crippen LogP contribution in [0.25, 0.3) is 0 Å². The maximum Gasteiger partial charge on any atom is 0.350 e. The molecule has 1 aliphatic heterocycles. The van der Waals surface area contributed by atoms with Crippen LogP contribution < -0.4 is 5.32 Å². The highest BCUT2D eigenvalue weighted by Crippen LogP contribution is 2.32. The fourth-order valence-electron chi connectivity index (χ4n) is 4.70. The summed E-state index contributed by atoms with van der Waals surface area (Å²) in [6.45, 7) is 6.50. The molecule has 31 heavy (non-hydrogen) atoms. The number of aryl methyl sites for hydroxylation is 1. The van der Waals surface area contributed by atoms with E-state index >= 15 is 0 Å². The summed E-state index contributed by atoms with van der Waals surface area (Å²) in [4.78, 5) is 26.1. The number of hydrogen-bond acceptors (Lipinski definition) is 5. The number of quaternary nitrogens is 1. The van der Waals surface area contributed by atoms with Gasteiger partial charge in [-0.05, 0) is 49.3 Å². The molecule has 0 radical (unpaired) electrons. The third-order valence-corrected chi connectivity index (χ3v) is 7.28. The molecular weight excluding hydrogens is 410 g/mol. The lowest BCUT2D eigenvalue weighted by Gasteiger charge is -2.46. The van der Waals surface area contributed by atoms with E-state index in [1.807, 2.05) is 43.5 Å². The first-order chi connectivity index (χ1) is 14.9. The van der Waals surface area contributed by atoms with E-state index in [0.717, 1.165) is 37.1 Å². The first-order valence-electron chi connectivity index (χ1n) is 10.8. The molecule has 0 bridgehead atoms. The Labute approximate surface area is 188 Å². The van der Waals surface area contributed by atoms with Crippen molar-refractivity contribution >= 4 is 28.9 Å². The Hall–Kier alpha value is -2.69. The molecule has 1 amide bonds. The summed E-state index contributed by atoms with van der Waals surface area (Å²) < 4.78 is 5.56. The largest absolute Gasteiger partial charge is 0.465 e. The Morgan fingerprint density at radius 3 is 2.68 bits per heavy atom. The highest BCUT2D eigenvalue weighted by molar-refractivity contribution is 7.12. The number of rotatable bonds is 7. The van der Waals surface area contributed by atoms with Crippen LogP contribution in [0.15, 0.2) is 29.6 Å². The molecule has 1 saturated heterocycles. The molecule has 0 aliphatic carbocycles. The van der Waals surface area contributed by atoms with Crippen LogP contribution in [0.2, 0.25) is 0 Å². The minimum Gasteiger partial charge on any atom is -0.465 e. The van der Waals surface area contributed by atoms with Gasteiger partial charge >= 0.3 is 5.97 Å². The first-order valence-corrected chi connectivity index (χ1v) is 11.6. The van der Waals surface area contributed by atoms with Gasteiger partial charge in [0.05, 0.1) is 37.5 Å². The summed E-state index contributed by atoms with van der Waals surface area (Å²) in [7, 11) is 1.35. The summed E-state index contributed by atoms with van der Waals surface area (Å²) in [6, 6.07) is 9.66. The second kappa shape index (κ2) is 10.1. The second-order valence-corrected chi connectivity index (χ2v) is 9.10. The molecule has 1 aromatic heterocycles. The predicted octanol–water partition coefficient (Wildman–Crippen LogP) is 4.63. The van der Waals surface area contributed by atoms with Crippen LogP contribution in [0.3, 0.4) is 0 Å². The molecule has 1 unspecified atom stereocenters. The van der Waals surface area contributed by atoms with E-state index in [2.05, 4.69) is 11.4 Å². The summed E-state index contributed by atoms with van der Waals surface area (Å²) in [5.41, 5.74) is 3.14. The normalized spacial score (nSPS) is 16.2. The number of hydrogen-bond donors (Lipinski definition) is 1. The van der Waals surface area contributed by atoms with Crippen molar-refractivity contribution in [2.45, 2.75) is 52.1 Å². The maximum absolute atomic E-state index is 13.5. The summed E-state index contributed by atoms with van der Waals surface area (Å²) in [5.74, 6) is -0.496. The number of benzene rings is 1. The maximum atomic E-state index is 13.5. The smallest absolute Gasteiger partial charge is 0.350 e. The van der Waals surface area contributed by atoms with Crippen LogP contribution in [-0.2, 0) is 16.1 Å². The monoisotopic (exact) mass is 440 g/mol. The number of nitrogens with zero attached hydrogens (tertiary/aromatic N) is 2. The van der Waals surface area contributed by atoms with E-state index in [1.165, 1.54) is 24.9 Å². The van der Waals surface area contributed by atoms with Gasteiger partial charge in [-0.25, -0.2) is 4.79 Å². The zero-order valence-electron chi connectivity index (χ0n) is 18.4. The van der Waals surface area contributed by atoms with Crippen molar-refractivity contribution in [3.05, 3.63) is 51.2 Å². The topological polar surface area (TPSA) is 79.2 Å². The number of methoxy groups -OCH3 is 1. The fourth-order valence-corrected chi connectivity index (χ4v) is 5.62. The zero-order valence-corrected chi connectivity index (χ0v) is 19.3. The Bertz CT molecular complexity index is 986. The van der Waals surface area contributed by atoms with E-state index in [1.54, 1.807) is 0 Å². The van der Waals surface area contributed by atoms with Crippen molar-refractivity contribution in [1.29, 1.82) is 5.26 Å². The van der Waals surface area contributed by atoms with Crippen LogP contribution >= 0.6 is 11.3 Å². The first kappa shape index (κ1) is 23.0. The highest BCUT2D eigenvalue weighted by Gasteiger charge is 2.42. The molecule has 1 atom stereocenters. The van der Waals surface area contributed by atoms with Gasteiger partial charge in [-0.1, -0.05) is 19.1 Å². The zero-order chi connectivity index (χ0) is 22.4. The van der Waals surface area contributed by atoms with Crippen LogP contribution in [0.1, 0.15) is 59.0 Å². The summed E-state index contributed by atoms with van der Waals surface area (Å²) >= 11 is 1.29. The quantitative estimate of drug-likeness (QED) is 0.503. The molecule has 164 valence electrons. The Balaban J connectivity index is 1.91. The molecule has 2 heterocycles. The summed E-state index contributed by atoms with van der Waals surface area (Å²) in [6.07, 6.45) is 4.02. The number of anilines is 1. The predicted molar refractivity (Wildman–Crippen MR) is 122 cm³/mol. The molecule has 3 rings (SSSR count). The molecule has 1 N–H and O–H groups in total. The average Bonchev–Trinajstić information content (AvgIpc) is 3.14. The molecule has 0 saturated carbocycles. The van der Waals surface area contributed by atoms with Crippen LogP contribution in [0, 0.1) is 18.3 Å². The Morgan fingerprint density at radius 1 is 1.29 bits per heavy atom. The Morgan fingerprint density at radius 2 is 2.03 bits per heavy atom. The number of ether oxygens (including phenoxy) is 1. The molecular formula is C24H30N3O3S+. The molecule has 7 heteroatoms.